The molecule has 0 radical (unpaired) electrons. The molecule has 0 saturated heterocycles. The highest BCUT2D eigenvalue weighted by atomic mass is 16.5. The van der Waals surface area contributed by atoms with Gasteiger partial charge in [0.1, 0.15) is 17.8 Å². The van der Waals surface area contributed by atoms with E-state index in [1.54, 1.807) is 6.20 Å². The molecule has 24 heavy (non-hydrogen) atoms. The summed E-state index contributed by atoms with van der Waals surface area (Å²) in [6.07, 6.45) is 3.94. The summed E-state index contributed by atoms with van der Waals surface area (Å²) < 4.78 is 11.2. The lowest BCUT2D eigenvalue weighted by Crippen LogP contribution is -1.95. The van der Waals surface area contributed by atoms with E-state index in [4.69, 9.17) is 9.47 Å². The van der Waals surface area contributed by atoms with E-state index >= 15 is 0 Å². The van der Waals surface area contributed by atoms with E-state index < -0.39 is 0 Å². The highest BCUT2D eigenvalue weighted by Crippen LogP contribution is 2.23. The first-order chi connectivity index (χ1) is 11.8. The van der Waals surface area contributed by atoms with Gasteiger partial charge in [0.2, 0.25) is 0 Å². The van der Waals surface area contributed by atoms with Gasteiger partial charge >= 0.3 is 6.01 Å². The smallest absolute Gasteiger partial charge is 0.322 e. The minimum atomic E-state index is 0.285. The standard InChI is InChI=1S/C19H18N2O3/c1-2-11-23-16-4-6-17(7-5-16)24-19-20-13-15-12-14(9-10-22)3-8-18(15)21-19/h3-8,10,12-13H,2,9,11H2,1H3. The molecule has 0 N–H and O–H groups in total. The van der Waals surface area contributed by atoms with Gasteiger partial charge in [-0.3, -0.25) is 0 Å². The number of hydrogen-bond donors (Lipinski definition) is 0. The van der Waals surface area contributed by atoms with Gasteiger partial charge in [0, 0.05) is 18.0 Å². The number of carbonyl (C=O) groups excluding carboxylic acids is 1. The fourth-order valence-electron chi connectivity index (χ4n) is 2.27. The Kier molecular flexibility index (Phi) is 5.01. The molecule has 122 valence electrons. The van der Waals surface area contributed by atoms with Crippen LogP contribution in [-0.2, 0) is 11.2 Å². The van der Waals surface area contributed by atoms with Crippen molar-refractivity contribution in [2.24, 2.45) is 0 Å². The third-order valence-corrected chi connectivity index (χ3v) is 3.45. The predicted molar refractivity (Wildman–Crippen MR) is 91.6 cm³/mol. The predicted octanol–water partition coefficient (Wildman–Crippen LogP) is 3.95. The molecule has 3 rings (SSSR count). The van der Waals surface area contributed by atoms with Crippen molar-refractivity contribution in [1.29, 1.82) is 0 Å². The van der Waals surface area contributed by atoms with Crippen LogP contribution in [0.3, 0.4) is 0 Å². The van der Waals surface area contributed by atoms with Crippen molar-refractivity contribution in [3.8, 4) is 17.5 Å². The zero-order chi connectivity index (χ0) is 16.8. The Bertz CT molecular complexity index is 832. The summed E-state index contributed by atoms with van der Waals surface area (Å²) in [7, 11) is 0. The van der Waals surface area contributed by atoms with Crippen LogP contribution in [0.5, 0.6) is 17.5 Å². The van der Waals surface area contributed by atoms with Crippen LogP contribution in [0.2, 0.25) is 0 Å². The van der Waals surface area contributed by atoms with E-state index in [-0.39, 0.29) is 6.01 Å². The number of carbonyl (C=O) groups is 1. The van der Waals surface area contributed by atoms with Crippen LogP contribution in [0.4, 0.5) is 0 Å². The second kappa shape index (κ2) is 7.55. The number of rotatable bonds is 7. The van der Waals surface area contributed by atoms with Gasteiger partial charge < -0.3 is 14.3 Å². The van der Waals surface area contributed by atoms with Crippen LogP contribution in [0.15, 0.2) is 48.7 Å². The van der Waals surface area contributed by atoms with Gasteiger partial charge in [-0.15, -0.1) is 0 Å². The third kappa shape index (κ3) is 3.87. The van der Waals surface area contributed by atoms with Gasteiger partial charge in [0.25, 0.3) is 0 Å². The SMILES string of the molecule is CCCOc1ccc(Oc2ncc3cc(CC=O)ccc3n2)cc1. The third-order valence-electron chi connectivity index (χ3n) is 3.45. The fraction of sp³-hybridized carbons (Fsp3) is 0.211. The lowest BCUT2D eigenvalue weighted by Gasteiger charge is -2.07. The molecule has 0 atom stereocenters. The van der Waals surface area contributed by atoms with E-state index in [2.05, 4.69) is 16.9 Å². The highest BCUT2D eigenvalue weighted by molar-refractivity contribution is 5.79. The first-order valence-electron chi connectivity index (χ1n) is 7.88. The van der Waals surface area contributed by atoms with Gasteiger partial charge in [-0.05, 0) is 48.4 Å². The molecule has 2 aromatic carbocycles. The van der Waals surface area contributed by atoms with Crippen molar-refractivity contribution >= 4 is 17.2 Å². The van der Waals surface area contributed by atoms with Gasteiger partial charge in [0.05, 0.1) is 12.1 Å². The molecule has 0 aliphatic rings. The normalized spacial score (nSPS) is 10.5. The Morgan fingerprint density at radius 2 is 1.88 bits per heavy atom. The Morgan fingerprint density at radius 3 is 2.62 bits per heavy atom. The van der Waals surface area contributed by atoms with E-state index in [0.717, 1.165) is 34.9 Å². The van der Waals surface area contributed by atoms with E-state index in [1.807, 2.05) is 42.5 Å². The van der Waals surface area contributed by atoms with Crippen molar-refractivity contribution in [3.05, 3.63) is 54.2 Å². The largest absolute Gasteiger partial charge is 0.494 e. The summed E-state index contributed by atoms with van der Waals surface area (Å²) in [4.78, 5) is 19.2. The molecule has 0 saturated carbocycles. The zero-order valence-corrected chi connectivity index (χ0v) is 13.4. The molecule has 0 unspecified atom stereocenters. The van der Waals surface area contributed by atoms with Crippen molar-refractivity contribution in [2.45, 2.75) is 19.8 Å². The first kappa shape index (κ1) is 15.9. The summed E-state index contributed by atoms with van der Waals surface area (Å²) in [5, 5.41) is 0.880. The van der Waals surface area contributed by atoms with Crippen molar-refractivity contribution < 1.29 is 14.3 Å². The van der Waals surface area contributed by atoms with Crippen molar-refractivity contribution in [2.75, 3.05) is 6.61 Å². The first-order valence-corrected chi connectivity index (χ1v) is 7.88. The summed E-state index contributed by atoms with van der Waals surface area (Å²) in [6, 6.07) is 13.3. The Balaban J connectivity index is 1.75. The maximum atomic E-state index is 10.6. The molecule has 3 aromatic rings. The minimum absolute atomic E-state index is 0.285. The number of fused-ring (bicyclic) bond motifs is 1. The lowest BCUT2D eigenvalue weighted by molar-refractivity contribution is -0.107. The molecular formula is C19H18N2O3. The van der Waals surface area contributed by atoms with E-state index in [0.29, 0.717) is 18.8 Å². The van der Waals surface area contributed by atoms with Crippen LogP contribution in [0.25, 0.3) is 10.9 Å². The second-order valence-electron chi connectivity index (χ2n) is 5.34. The van der Waals surface area contributed by atoms with E-state index in [1.165, 1.54) is 0 Å². The number of hydrogen-bond acceptors (Lipinski definition) is 5. The summed E-state index contributed by atoms with van der Waals surface area (Å²) in [6.45, 7) is 2.76. The highest BCUT2D eigenvalue weighted by Gasteiger charge is 2.04. The quantitative estimate of drug-likeness (QED) is 0.616. The van der Waals surface area contributed by atoms with Gasteiger partial charge in [-0.2, -0.15) is 4.98 Å². The molecule has 0 aliphatic heterocycles. The molecular weight excluding hydrogens is 304 g/mol. The van der Waals surface area contributed by atoms with Crippen molar-refractivity contribution in [1.82, 2.24) is 9.97 Å². The van der Waals surface area contributed by atoms with E-state index in [9.17, 15) is 4.79 Å². The monoisotopic (exact) mass is 322 g/mol. The molecule has 0 fully saturated rings. The van der Waals surface area contributed by atoms with Crippen LogP contribution < -0.4 is 9.47 Å². The number of aldehydes is 1. The molecule has 1 aromatic heterocycles. The molecule has 0 spiro atoms. The molecule has 5 heteroatoms. The topological polar surface area (TPSA) is 61.3 Å². The van der Waals surface area contributed by atoms with Crippen LogP contribution >= 0.6 is 0 Å². The number of nitrogens with zero attached hydrogens (tertiary/aromatic N) is 2. The van der Waals surface area contributed by atoms with Crippen molar-refractivity contribution in [3.63, 3.8) is 0 Å². The van der Waals surface area contributed by atoms with Gasteiger partial charge in [0.15, 0.2) is 0 Å². The number of aromatic nitrogens is 2. The Morgan fingerprint density at radius 1 is 1.08 bits per heavy atom. The average molecular weight is 322 g/mol. The molecule has 1 heterocycles. The number of ether oxygens (including phenoxy) is 2. The summed E-state index contributed by atoms with van der Waals surface area (Å²) in [5.41, 5.74) is 1.72. The molecule has 0 aliphatic carbocycles. The maximum Gasteiger partial charge on any atom is 0.322 e. The van der Waals surface area contributed by atoms with Crippen LogP contribution in [0.1, 0.15) is 18.9 Å². The van der Waals surface area contributed by atoms with Gasteiger partial charge in [-0.25, -0.2) is 4.98 Å². The minimum Gasteiger partial charge on any atom is -0.494 e. The Hall–Kier alpha value is -2.95. The molecule has 5 nitrogen and oxygen atoms in total. The molecule has 0 bridgehead atoms. The average Bonchev–Trinajstić information content (AvgIpc) is 2.61. The fourth-order valence-corrected chi connectivity index (χ4v) is 2.27. The van der Waals surface area contributed by atoms with Gasteiger partial charge in [-0.1, -0.05) is 13.0 Å². The maximum absolute atomic E-state index is 10.6. The summed E-state index contributed by atoms with van der Waals surface area (Å²) in [5.74, 6) is 1.46. The molecule has 0 amide bonds. The van der Waals surface area contributed by atoms with Crippen LogP contribution in [0, 0.1) is 0 Å². The lowest BCUT2D eigenvalue weighted by atomic mass is 10.1. The zero-order valence-electron chi connectivity index (χ0n) is 13.4. The number of benzene rings is 2. The van der Waals surface area contributed by atoms with Crippen LogP contribution in [-0.4, -0.2) is 22.9 Å². The second-order valence-corrected chi connectivity index (χ2v) is 5.34. The Labute approximate surface area is 140 Å². The summed E-state index contributed by atoms with van der Waals surface area (Å²) >= 11 is 0.